The monoisotopic (exact) mass is 159 g/mol. The second kappa shape index (κ2) is 5.52. The lowest BCUT2D eigenvalue weighted by Crippen LogP contribution is -2.30. The first-order valence-corrected chi connectivity index (χ1v) is 3.40. The molecular weight excluding hydrogens is 146 g/mol. The van der Waals surface area contributed by atoms with Crippen LogP contribution in [0.2, 0.25) is 0 Å². The van der Waals surface area contributed by atoms with Gasteiger partial charge in [0.15, 0.2) is 0 Å². The smallest absolute Gasteiger partial charge is 0.312 e. The first-order valence-electron chi connectivity index (χ1n) is 3.40. The molecule has 0 aromatic rings. The van der Waals surface area contributed by atoms with Gasteiger partial charge in [-0.15, -0.1) is 0 Å². The van der Waals surface area contributed by atoms with E-state index in [0.29, 0.717) is 19.4 Å². The lowest BCUT2D eigenvalue weighted by molar-refractivity contribution is -0.120. The number of primary amides is 1. The van der Waals surface area contributed by atoms with Gasteiger partial charge in [-0.2, -0.15) is 0 Å². The topological polar surface area (TPSA) is 84.2 Å². The molecule has 0 unspecified atom stereocenters. The first-order chi connectivity index (χ1) is 5.16. The van der Waals surface area contributed by atoms with Gasteiger partial charge >= 0.3 is 6.03 Å². The molecule has 3 amide bonds. The number of carbonyl (C=O) groups is 2. The molecule has 64 valence electrons. The second-order valence-electron chi connectivity index (χ2n) is 2.07. The normalized spacial score (nSPS) is 8.82. The van der Waals surface area contributed by atoms with Crippen LogP contribution in [0.3, 0.4) is 0 Å². The molecule has 0 spiro atoms. The lowest BCUT2D eigenvalue weighted by atomic mass is 10.3. The van der Waals surface area contributed by atoms with Crippen LogP contribution in [0.1, 0.15) is 12.8 Å². The van der Waals surface area contributed by atoms with Crippen LogP contribution in [0.25, 0.3) is 0 Å². The van der Waals surface area contributed by atoms with Crippen molar-refractivity contribution in [2.75, 3.05) is 13.6 Å². The van der Waals surface area contributed by atoms with Crippen LogP contribution < -0.4 is 16.4 Å². The third kappa shape index (κ3) is 6.63. The molecule has 0 fully saturated rings. The van der Waals surface area contributed by atoms with Crippen molar-refractivity contribution in [1.82, 2.24) is 10.6 Å². The Morgan fingerprint density at radius 2 is 2.09 bits per heavy atom. The van der Waals surface area contributed by atoms with Crippen molar-refractivity contribution in [1.29, 1.82) is 0 Å². The van der Waals surface area contributed by atoms with Gasteiger partial charge in [-0.3, -0.25) is 4.79 Å². The van der Waals surface area contributed by atoms with Crippen LogP contribution in [0.15, 0.2) is 0 Å². The van der Waals surface area contributed by atoms with Gasteiger partial charge in [0.1, 0.15) is 0 Å². The number of hydrogen-bond acceptors (Lipinski definition) is 2. The maximum absolute atomic E-state index is 10.6. The minimum atomic E-state index is -0.554. The van der Waals surface area contributed by atoms with Crippen molar-refractivity contribution in [3.63, 3.8) is 0 Å². The summed E-state index contributed by atoms with van der Waals surface area (Å²) in [6.45, 7) is 0.447. The van der Waals surface area contributed by atoms with Crippen molar-refractivity contribution >= 4 is 11.9 Å². The average molecular weight is 159 g/mol. The highest BCUT2D eigenvalue weighted by Crippen LogP contribution is 1.84. The molecule has 0 aliphatic rings. The van der Waals surface area contributed by atoms with Crippen molar-refractivity contribution < 1.29 is 9.59 Å². The van der Waals surface area contributed by atoms with Crippen LogP contribution in [0.5, 0.6) is 0 Å². The molecule has 0 heterocycles. The molecule has 0 saturated carbocycles. The van der Waals surface area contributed by atoms with Gasteiger partial charge in [0.25, 0.3) is 0 Å². The highest BCUT2D eigenvalue weighted by atomic mass is 16.2. The molecule has 0 aromatic carbocycles. The first kappa shape index (κ1) is 9.74. The zero-order valence-electron chi connectivity index (χ0n) is 6.52. The zero-order chi connectivity index (χ0) is 8.69. The van der Waals surface area contributed by atoms with E-state index in [1.165, 1.54) is 0 Å². The van der Waals surface area contributed by atoms with Gasteiger partial charge in [-0.05, 0) is 6.42 Å². The number of urea groups is 1. The zero-order valence-corrected chi connectivity index (χ0v) is 6.52. The molecular formula is C6H13N3O2. The van der Waals surface area contributed by atoms with Crippen LogP contribution in [0, 0.1) is 0 Å². The summed E-state index contributed by atoms with van der Waals surface area (Å²) in [5.74, 6) is -0.0312. The van der Waals surface area contributed by atoms with Crippen LogP contribution in [-0.4, -0.2) is 25.5 Å². The predicted molar refractivity (Wildman–Crippen MR) is 40.9 cm³/mol. The maximum atomic E-state index is 10.6. The predicted octanol–water partition coefficient (Wildman–Crippen LogP) is -0.819. The highest BCUT2D eigenvalue weighted by Gasteiger charge is 1.96. The molecule has 0 rings (SSSR count). The molecule has 0 aliphatic heterocycles. The van der Waals surface area contributed by atoms with E-state index >= 15 is 0 Å². The minimum Gasteiger partial charge on any atom is -0.359 e. The third-order valence-electron chi connectivity index (χ3n) is 1.16. The van der Waals surface area contributed by atoms with Gasteiger partial charge in [0, 0.05) is 20.0 Å². The van der Waals surface area contributed by atoms with E-state index in [9.17, 15) is 9.59 Å². The van der Waals surface area contributed by atoms with E-state index in [1.54, 1.807) is 7.05 Å². The molecule has 0 bridgehead atoms. The maximum Gasteiger partial charge on any atom is 0.312 e. The van der Waals surface area contributed by atoms with Crippen LogP contribution in [0.4, 0.5) is 4.79 Å². The fourth-order valence-electron chi connectivity index (χ4n) is 0.586. The standard InChI is InChI=1S/C6H13N3O2/c1-8-5(10)3-2-4-9-6(7)11/h2-4H2,1H3,(H,8,10)(H3,7,9,11). The van der Waals surface area contributed by atoms with E-state index in [-0.39, 0.29) is 5.91 Å². The van der Waals surface area contributed by atoms with Crippen molar-refractivity contribution in [3.8, 4) is 0 Å². The van der Waals surface area contributed by atoms with Crippen molar-refractivity contribution in [3.05, 3.63) is 0 Å². The summed E-state index contributed by atoms with van der Waals surface area (Å²) in [6.07, 6.45) is 1.03. The van der Waals surface area contributed by atoms with E-state index in [1.807, 2.05) is 0 Å². The Labute approximate surface area is 65.3 Å². The van der Waals surface area contributed by atoms with E-state index < -0.39 is 6.03 Å². The molecule has 5 nitrogen and oxygen atoms in total. The number of rotatable bonds is 4. The Kier molecular flexibility index (Phi) is 4.89. The summed E-state index contributed by atoms with van der Waals surface area (Å²) < 4.78 is 0. The number of hydrogen-bond donors (Lipinski definition) is 3. The molecule has 11 heavy (non-hydrogen) atoms. The Balaban J connectivity index is 3.14. The van der Waals surface area contributed by atoms with E-state index in [4.69, 9.17) is 5.73 Å². The van der Waals surface area contributed by atoms with Crippen molar-refractivity contribution in [2.45, 2.75) is 12.8 Å². The summed E-state index contributed by atoms with van der Waals surface area (Å²) in [5, 5.41) is 4.85. The van der Waals surface area contributed by atoms with Gasteiger partial charge in [0.05, 0.1) is 0 Å². The molecule has 5 heteroatoms. The van der Waals surface area contributed by atoms with Gasteiger partial charge < -0.3 is 16.4 Å². The number of amides is 3. The van der Waals surface area contributed by atoms with Gasteiger partial charge in [-0.1, -0.05) is 0 Å². The fraction of sp³-hybridized carbons (Fsp3) is 0.667. The molecule has 0 aromatic heterocycles. The highest BCUT2D eigenvalue weighted by molar-refractivity contribution is 5.75. The molecule has 0 atom stereocenters. The summed E-state index contributed by atoms with van der Waals surface area (Å²) in [7, 11) is 1.57. The lowest BCUT2D eigenvalue weighted by Gasteiger charge is -2.00. The summed E-state index contributed by atoms with van der Waals surface area (Å²) in [5.41, 5.74) is 4.79. The van der Waals surface area contributed by atoms with Crippen LogP contribution in [-0.2, 0) is 4.79 Å². The second-order valence-corrected chi connectivity index (χ2v) is 2.07. The van der Waals surface area contributed by atoms with Crippen LogP contribution >= 0.6 is 0 Å². The average Bonchev–Trinajstić information content (AvgIpc) is 1.97. The molecule has 0 radical (unpaired) electrons. The molecule has 0 aliphatic carbocycles. The molecule has 4 N–H and O–H groups in total. The number of nitrogens with two attached hydrogens (primary N) is 1. The molecule has 0 saturated heterocycles. The number of nitrogens with one attached hydrogen (secondary N) is 2. The van der Waals surface area contributed by atoms with E-state index in [0.717, 1.165) is 0 Å². The summed E-state index contributed by atoms with van der Waals surface area (Å²) >= 11 is 0. The minimum absolute atomic E-state index is 0.0312. The largest absolute Gasteiger partial charge is 0.359 e. The summed E-state index contributed by atoms with van der Waals surface area (Å²) in [4.78, 5) is 20.7. The third-order valence-corrected chi connectivity index (χ3v) is 1.16. The Hall–Kier alpha value is -1.26. The SMILES string of the molecule is CNC(=O)CCCNC(N)=O. The fourth-order valence-corrected chi connectivity index (χ4v) is 0.586. The Morgan fingerprint density at radius 3 is 2.55 bits per heavy atom. The Bertz CT molecular complexity index is 147. The number of carbonyl (C=O) groups excluding carboxylic acids is 2. The van der Waals surface area contributed by atoms with Crippen molar-refractivity contribution in [2.24, 2.45) is 5.73 Å². The van der Waals surface area contributed by atoms with Gasteiger partial charge in [0.2, 0.25) is 5.91 Å². The summed E-state index contributed by atoms with van der Waals surface area (Å²) in [6, 6.07) is -0.554. The Morgan fingerprint density at radius 1 is 1.45 bits per heavy atom. The van der Waals surface area contributed by atoms with E-state index in [2.05, 4.69) is 10.6 Å². The van der Waals surface area contributed by atoms with Gasteiger partial charge in [-0.25, -0.2) is 4.79 Å². The quantitative estimate of drug-likeness (QED) is 0.468.